The second-order valence-corrected chi connectivity index (χ2v) is 4.54. The zero-order valence-corrected chi connectivity index (χ0v) is 9.30. The van der Waals surface area contributed by atoms with Gasteiger partial charge in [-0.15, -0.1) is 0 Å². The fourth-order valence-electron chi connectivity index (χ4n) is 2.39. The van der Waals surface area contributed by atoms with Gasteiger partial charge in [-0.3, -0.25) is 0 Å². The van der Waals surface area contributed by atoms with Crippen molar-refractivity contribution < 1.29 is 5.11 Å². The van der Waals surface area contributed by atoms with Crippen LogP contribution in [0.25, 0.3) is 5.65 Å². The quantitative estimate of drug-likeness (QED) is 0.786. The van der Waals surface area contributed by atoms with Crippen molar-refractivity contribution in [2.45, 2.75) is 12.3 Å². The van der Waals surface area contributed by atoms with Gasteiger partial charge in [0, 0.05) is 24.9 Å². The van der Waals surface area contributed by atoms with Crippen molar-refractivity contribution in [2.24, 2.45) is 0 Å². The number of rotatable bonds is 1. The van der Waals surface area contributed by atoms with E-state index in [1.807, 2.05) is 22.9 Å². The maximum absolute atomic E-state index is 9.69. The van der Waals surface area contributed by atoms with Crippen LogP contribution in [0.2, 0.25) is 0 Å². The van der Waals surface area contributed by atoms with Gasteiger partial charge in [0.2, 0.25) is 0 Å². The van der Waals surface area contributed by atoms with Crippen LogP contribution in [0.4, 0.5) is 0 Å². The number of likely N-dealkylation sites (tertiary alicyclic amines) is 1. The molecule has 0 bridgehead atoms. The lowest BCUT2D eigenvalue weighted by atomic mass is 10.1. The molecule has 1 fully saturated rings. The van der Waals surface area contributed by atoms with Gasteiger partial charge >= 0.3 is 0 Å². The van der Waals surface area contributed by atoms with Crippen molar-refractivity contribution in [1.29, 1.82) is 0 Å². The van der Waals surface area contributed by atoms with Gasteiger partial charge in [-0.25, -0.2) is 4.98 Å². The zero-order valence-electron chi connectivity index (χ0n) is 9.30. The maximum Gasteiger partial charge on any atom is 0.179 e. The summed E-state index contributed by atoms with van der Waals surface area (Å²) in [6.07, 6.45) is 5.10. The van der Waals surface area contributed by atoms with Crippen LogP contribution in [-0.2, 0) is 0 Å². The summed E-state index contributed by atoms with van der Waals surface area (Å²) >= 11 is 0. The molecule has 1 N–H and O–H groups in total. The van der Waals surface area contributed by atoms with Crippen molar-refractivity contribution in [3.05, 3.63) is 30.2 Å². The highest BCUT2D eigenvalue weighted by Gasteiger charge is 2.23. The predicted octanol–water partition coefficient (Wildman–Crippen LogP) is 1.46. The number of hydrogen-bond donors (Lipinski definition) is 1. The summed E-state index contributed by atoms with van der Waals surface area (Å²) in [5, 5.41) is 9.69. The van der Waals surface area contributed by atoms with Crippen LogP contribution in [0.3, 0.4) is 0 Å². The Morgan fingerprint density at radius 3 is 3.06 bits per heavy atom. The van der Waals surface area contributed by atoms with Crippen molar-refractivity contribution in [3.8, 4) is 5.75 Å². The number of hydrogen-bond acceptors (Lipinski definition) is 3. The molecule has 0 aliphatic carbocycles. The molecule has 2 aromatic heterocycles. The second-order valence-electron chi connectivity index (χ2n) is 4.54. The fraction of sp³-hybridized carbons (Fsp3) is 0.417. The Hall–Kier alpha value is -1.55. The van der Waals surface area contributed by atoms with E-state index in [1.54, 1.807) is 6.07 Å². The van der Waals surface area contributed by atoms with E-state index in [0.29, 0.717) is 11.6 Å². The van der Waals surface area contributed by atoms with E-state index >= 15 is 0 Å². The standard InChI is InChI=1S/C12H15N3O/c1-14-6-4-9(7-14)10-8-15-5-2-3-11(16)12(15)13-10/h2-3,5,8-9,16H,4,6-7H2,1H3. The van der Waals surface area contributed by atoms with Gasteiger partial charge in [0.05, 0.1) is 5.69 Å². The highest BCUT2D eigenvalue weighted by Crippen LogP contribution is 2.27. The lowest BCUT2D eigenvalue weighted by Crippen LogP contribution is -2.13. The molecule has 0 radical (unpaired) electrons. The van der Waals surface area contributed by atoms with Crippen LogP contribution in [0.15, 0.2) is 24.5 Å². The van der Waals surface area contributed by atoms with Crippen LogP contribution in [0.5, 0.6) is 5.75 Å². The summed E-state index contributed by atoms with van der Waals surface area (Å²) in [4.78, 5) is 6.83. The van der Waals surface area contributed by atoms with E-state index in [9.17, 15) is 5.11 Å². The van der Waals surface area contributed by atoms with Crippen molar-refractivity contribution in [2.75, 3.05) is 20.1 Å². The number of nitrogens with zero attached hydrogens (tertiary/aromatic N) is 3. The minimum absolute atomic E-state index is 0.250. The molecule has 4 nitrogen and oxygen atoms in total. The third kappa shape index (κ3) is 1.46. The largest absolute Gasteiger partial charge is 0.504 e. The summed E-state index contributed by atoms with van der Waals surface area (Å²) in [6, 6.07) is 3.50. The van der Waals surface area contributed by atoms with E-state index in [2.05, 4.69) is 16.9 Å². The molecule has 1 aliphatic rings. The summed E-state index contributed by atoms with van der Waals surface area (Å²) in [5.41, 5.74) is 1.75. The van der Waals surface area contributed by atoms with Crippen molar-refractivity contribution >= 4 is 5.65 Å². The Balaban J connectivity index is 2.02. The van der Waals surface area contributed by atoms with Crippen LogP contribution >= 0.6 is 0 Å². The van der Waals surface area contributed by atoms with E-state index in [0.717, 1.165) is 25.2 Å². The van der Waals surface area contributed by atoms with Crippen molar-refractivity contribution in [3.63, 3.8) is 0 Å². The first kappa shape index (κ1) is 9.66. The Bertz CT molecular complexity index is 520. The number of aromatic nitrogens is 2. The fourth-order valence-corrected chi connectivity index (χ4v) is 2.39. The smallest absolute Gasteiger partial charge is 0.179 e. The van der Waals surface area contributed by atoms with E-state index < -0.39 is 0 Å². The molecule has 84 valence electrons. The minimum Gasteiger partial charge on any atom is -0.504 e. The Morgan fingerprint density at radius 1 is 1.50 bits per heavy atom. The zero-order chi connectivity index (χ0) is 11.1. The molecule has 1 aliphatic heterocycles. The third-order valence-corrected chi connectivity index (χ3v) is 3.29. The molecule has 0 saturated carbocycles. The Kier molecular flexibility index (Phi) is 2.11. The average Bonchev–Trinajstić information content (AvgIpc) is 2.84. The number of aromatic hydroxyl groups is 1. The summed E-state index contributed by atoms with van der Waals surface area (Å²) in [7, 11) is 2.13. The highest BCUT2D eigenvalue weighted by molar-refractivity contribution is 5.53. The van der Waals surface area contributed by atoms with Gasteiger partial charge in [-0.2, -0.15) is 0 Å². The molecule has 1 atom stereocenters. The van der Waals surface area contributed by atoms with E-state index in [4.69, 9.17) is 0 Å². The first-order valence-electron chi connectivity index (χ1n) is 5.59. The highest BCUT2D eigenvalue weighted by atomic mass is 16.3. The molecule has 3 heterocycles. The van der Waals surface area contributed by atoms with Gasteiger partial charge in [0.1, 0.15) is 0 Å². The van der Waals surface area contributed by atoms with Crippen LogP contribution in [0, 0.1) is 0 Å². The molecule has 0 aromatic carbocycles. The molecule has 1 unspecified atom stereocenters. The van der Waals surface area contributed by atoms with Gasteiger partial charge in [-0.05, 0) is 32.1 Å². The molecular formula is C12H15N3O. The number of imidazole rings is 1. The Morgan fingerprint density at radius 2 is 2.38 bits per heavy atom. The first-order valence-corrected chi connectivity index (χ1v) is 5.59. The van der Waals surface area contributed by atoms with E-state index in [-0.39, 0.29) is 5.75 Å². The molecule has 3 rings (SSSR count). The lowest BCUT2D eigenvalue weighted by Gasteiger charge is -2.06. The van der Waals surface area contributed by atoms with Crippen LogP contribution in [-0.4, -0.2) is 39.5 Å². The maximum atomic E-state index is 9.69. The number of pyridine rings is 1. The Labute approximate surface area is 94.1 Å². The van der Waals surface area contributed by atoms with Crippen LogP contribution in [0.1, 0.15) is 18.0 Å². The van der Waals surface area contributed by atoms with Gasteiger partial charge in [-0.1, -0.05) is 0 Å². The molecule has 4 heteroatoms. The van der Waals surface area contributed by atoms with Gasteiger partial charge in [0.25, 0.3) is 0 Å². The predicted molar refractivity (Wildman–Crippen MR) is 61.7 cm³/mol. The topological polar surface area (TPSA) is 40.8 Å². The third-order valence-electron chi connectivity index (χ3n) is 3.29. The van der Waals surface area contributed by atoms with E-state index in [1.165, 1.54) is 0 Å². The average molecular weight is 217 g/mol. The SMILES string of the molecule is CN1CCC(c2cn3cccc(O)c3n2)C1. The molecular weight excluding hydrogens is 202 g/mol. The summed E-state index contributed by atoms with van der Waals surface area (Å²) < 4.78 is 1.89. The number of likely N-dealkylation sites (N-methyl/N-ethyl adjacent to an activating group) is 1. The second kappa shape index (κ2) is 3.49. The molecule has 2 aromatic rings. The summed E-state index contributed by atoms with van der Waals surface area (Å²) in [5.74, 6) is 0.754. The molecule has 1 saturated heterocycles. The van der Waals surface area contributed by atoms with Gasteiger partial charge in [0.15, 0.2) is 11.4 Å². The minimum atomic E-state index is 0.250. The first-order chi connectivity index (χ1) is 7.74. The molecule has 0 spiro atoms. The van der Waals surface area contributed by atoms with Crippen molar-refractivity contribution in [1.82, 2.24) is 14.3 Å². The monoisotopic (exact) mass is 217 g/mol. The summed E-state index contributed by atoms with van der Waals surface area (Å²) in [6.45, 7) is 2.19. The molecule has 16 heavy (non-hydrogen) atoms. The van der Waals surface area contributed by atoms with Crippen LogP contribution < -0.4 is 0 Å². The number of fused-ring (bicyclic) bond motifs is 1. The molecule has 0 amide bonds. The van der Waals surface area contributed by atoms with Gasteiger partial charge < -0.3 is 14.4 Å². The lowest BCUT2D eigenvalue weighted by molar-refractivity contribution is 0.411. The normalized spacial score (nSPS) is 21.9.